The van der Waals surface area contributed by atoms with Crippen molar-refractivity contribution in [3.63, 3.8) is 0 Å². The number of methoxy groups -OCH3 is 1. The minimum Gasteiger partial charge on any atom is -0.495 e. The van der Waals surface area contributed by atoms with Crippen LogP contribution in [0.15, 0.2) is 48.5 Å². The molecule has 28 heavy (non-hydrogen) atoms. The van der Waals surface area contributed by atoms with Crippen molar-refractivity contribution in [2.75, 3.05) is 50.1 Å². The van der Waals surface area contributed by atoms with E-state index in [4.69, 9.17) is 4.74 Å². The van der Waals surface area contributed by atoms with Gasteiger partial charge in [-0.05, 0) is 24.3 Å². The van der Waals surface area contributed by atoms with Crippen molar-refractivity contribution in [2.24, 2.45) is 0 Å². The number of para-hydroxylation sites is 3. The molecular formula is C20H22F3N3O2. The van der Waals surface area contributed by atoms with Gasteiger partial charge in [-0.3, -0.25) is 9.69 Å². The van der Waals surface area contributed by atoms with Gasteiger partial charge in [-0.25, -0.2) is 0 Å². The Morgan fingerprint density at radius 2 is 1.68 bits per heavy atom. The molecule has 5 nitrogen and oxygen atoms in total. The highest BCUT2D eigenvalue weighted by Gasteiger charge is 2.33. The molecule has 8 heteroatoms. The Balaban J connectivity index is 1.56. The number of anilines is 2. The normalized spacial score (nSPS) is 15.4. The number of alkyl halides is 3. The van der Waals surface area contributed by atoms with Gasteiger partial charge < -0.3 is 15.0 Å². The van der Waals surface area contributed by atoms with Crippen molar-refractivity contribution in [1.29, 1.82) is 0 Å². The van der Waals surface area contributed by atoms with Gasteiger partial charge in [0.1, 0.15) is 5.75 Å². The van der Waals surface area contributed by atoms with Gasteiger partial charge in [0, 0.05) is 26.2 Å². The van der Waals surface area contributed by atoms with Crippen molar-refractivity contribution in [3.05, 3.63) is 54.1 Å². The van der Waals surface area contributed by atoms with Crippen LogP contribution in [-0.4, -0.2) is 50.6 Å². The van der Waals surface area contributed by atoms with Gasteiger partial charge in [0.05, 0.1) is 30.6 Å². The van der Waals surface area contributed by atoms with E-state index in [1.807, 2.05) is 29.2 Å². The Morgan fingerprint density at radius 3 is 2.36 bits per heavy atom. The van der Waals surface area contributed by atoms with Gasteiger partial charge in [-0.1, -0.05) is 24.3 Å². The molecule has 1 heterocycles. The van der Waals surface area contributed by atoms with Gasteiger partial charge in [0.15, 0.2) is 0 Å². The van der Waals surface area contributed by atoms with Crippen LogP contribution in [-0.2, 0) is 11.0 Å². The molecule has 1 saturated heterocycles. The second-order valence-corrected chi connectivity index (χ2v) is 6.53. The zero-order valence-corrected chi connectivity index (χ0v) is 15.5. The minimum atomic E-state index is -4.51. The van der Waals surface area contributed by atoms with E-state index in [1.54, 1.807) is 7.11 Å². The van der Waals surface area contributed by atoms with E-state index in [9.17, 15) is 18.0 Å². The lowest BCUT2D eigenvalue weighted by Gasteiger charge is -2.36. The molecule has 3 rings (SSSR count). The molecule has 0 unspecified atom stereocenters. The molecular weight excluding hydrogens is 371 g/mol. The SMILES string of the molecule is COc1ccccc1N1CCN(CC(=O)Nc2ccccc2C(F)(F)F)CC1. The van der Waals surface area contributed by atoms with Crippen molar-refractivity contribution < 1.29 is 22.7 Å². The van der Waals surface area contributed by atoms with Crippen molar-refractivity contribution in [2.45, 2.75) is 6.18 Å². The van der Waals surface area contributed by atoms with Gasteiger partial charge in [0.2, 0.25) is 5.91 Å². The summed E-state index contributed by atoms with van der Waals surface area (Å²) in [5.74, 6) is 0.333. The number of carbonyl (C=O) groups excluding carboxylic acids is 1. The number of hydrogen-bond acceptors (Lipinski definition) is 4. The molecule has 1 aliphatic heterocycles. The fraction of sp³-hybridized carbons (Fsp3) is 0.350. The number of rotatable bonds is 5. The first-order valence-electron chi connectivity index (χ1n) is 8.95. The van der Waals surface area contributed by atoms with Crippen LogP contribution < -0.4 is 15.0 Å². The first-order valence-corrected chi connectivity index (χ1v) is 8.95. The average Bonchev–Trinajstić information content (AvgIpc) is 2.68. The molecule has 1 amide bonds. The van der Waals surface area contributed by atoms with E-state index >= 15 is 0 Å². The number of ether oxygens (including phenoxy) is 1. The smallest absolute Gasteiger partial charge is 0.418 e. The van der Waals surface area contributed by atoms with Crippen molar-refractivity contribution in [3.8, 4) is 5.75 Å². The minimum absolute atomic E-state index is 0.0476. The standard InChI is InChI=1S/C20H22F3N3O2/c1-28-18-9-5-4-8-17(18)26-12-10-25(11-13-26)14-19(27)24-16-7-3-2-6-15(16)20(21,22)23/h2-9H,10-14H2,1H3,(H,24,27). The molecule has 0 spiro atoms. The maximum Gasteiger partial charge on any atom is 0.418 e. The monoisotopic (exact) mass is 393 g/mol. The average molecular weight is 393 g/mol. The van der Waals surface area contributed by atoms with Crippen LogP contribution in [0, 0.1) is 0 Å². The molecule has 0 bridgehead atoms. The Bertz CT molecular complexity index is 818. The van der Waals surface area contributed by atoms with Crippen LogP contribution >= 0.6 is 0 Å². The third kappa shape index (κ3) is 4.75. The lowest BCUT2D eigenvalue weighted by Crippen LogP contribution is -2.48. The number of hydrogen-bond donors (Lipinski definition) is 1. The zero-order valence-electron chi connectivity index (χ0n) is 15.5. The number of nitrogens with one attached hydrogen (secondary N) is 1. The summed E-state index contributed by atoms with van der Waals surface area (Å²) in [6.45, 7) is 2.71. The summed E-state index contributed by atoms with van der Waals surface area (Å²) < 4.78 is 44.5. The lowest BCUT2D eigenvalue weighted by atomic mass is 10.1. The van der Waals surface area contributed by atoms with Gasteiger partial charge >= 0.3 is 6.18 Å². The molecule has 150 valence electrons. The molecule has 1 N–H and O–H groups in total. The number of nitrogens with zero attached hydrogens (tertiary/aromatic N) is 2. The molecule has 0 saturated carbocycles. The summed E-state index contributed by atoms with van der Waals surface area (Å²) in [6.07, 6.45) is -4.51. The van der Waals surface area contributed by atoms with E-state index < -0.39 is 17.6 Å². The number of halogens is 3. The van der Waals surface area contributed by atoms with Crippen molar-refractivity contribution in [1.82, 2.24) is 4.90 Å². The fourth-order valence-electron chi connectivity index (χ4n) is 3.27. The summed E-state index contributed by atoms with van der Waals surface area (Å²) in [5.41, 5.74) is -0.0646. The molecule has 0 atom stereocenters. The van der Waals surface area contributed by atoms with Crippen LogP contribution in [0.4, 0.5) is 24.5 Å². The summed E-state index contributed by atoms with van der Waals surface area (Å²) in [4.78, 5) is 16.4. The molecule has 1 fully saturated rings. The van der Waals surface area contributed by atoms with E-state index in [-0.39, 0.29) is 12.2 Å². The Labute approximate surface area is 161 Å². The van der Waals surface area contributed by atoms with Gasteiger partial charge in [-0.2, -0.15) is 13.2 Å². The highest BCUT2D eigenvalue weighted by Crippen LogP contribution is 2.34. The predicted octanol–water partition coefficient (Wildman–Crippen LogP) is 3.47. The predicted molar refractivity (Wildman–Crippen MR) is 102 cm³/mol. The number of carbonyl (C=O) groups is 1. The summed E-state index contributed by atoms with van der Waals surface area (Å²) in [7, 11) is 1.62. The second-order valence-electron chi connectivity index (χ2n) is 6.53. The first kappa shape index (κ1) is 20.0. The molecule has 2 aromatic rings. The molecule has 0 aromatic heterocycles. The third-order valence-electron chi connectivity index (χ3n) is 4.67. The Morgan fingerprint density at radius 1 is 1.04 bits per heavy atom. The Kier molecular flexibility index (Phi) is 6.08. The molecule has 1 aliphatic rings. The quantitative estimate of drug-likeness (QED) is 0.845. The van der Waals surface area contributed by atoms with E-state index in [2.05, 4.69) is 10.2 Å². The lowest BCUT2D eigenvalue weighted by molar-refractivity contribution is -0.137. The number of benzene rings is 2. The second kappa shape index (κ2) is 8.52. The summed E-state index contributed by atoms with van der Waals surface area (Å²) >= 11 is 0. The summed E-state index contributed by atoms with van der Waals surface area (Å²) in [6, 6.07) is 12.7. The van der Waals surface area contributed by atoms with Crippen LogP contribution in [0.3, 0.4) is 0 Å². The molecule has 2 aromatic carbocycles. The van der Waals surface area contributed by atoms with Gasteiger partial charge in [-0.15, -0.1) is 0 Å². The summed E-state index contributed by atoms with van der Waals surface area (Å²) in [5, 5.41) is 2.39. The zero-order chi connectivity index (χ0) is 20.1. The van der Waals surface area contributed by atoms with Crippen LogP contribution in [0.2, 0.25) is 0 Å². The topological polar surface area (TPSA) is 44.8 Å². The maximum atomic E-state index is 13.0. The number of amides is 1. The van der Waals surface area contributed by atoms with Crippen LogP contribution in [0.5, 0.6) is 5.75 Å². The van der Waals surface area contributed by atoms with Crippen LogP contribution in [0.1, 0.15) is 5.56 Å². The Hall–Kier alpha value is -2.74. The van der Waals surface area contributed by atoms with Gasteiger partial charge in [0.25, 0.3) is 0 Å². The third-order valence-corrected chi connectivity index (χ3v) is 4.67. The largest absolute Gasteiger partial charge is 0.495 e. The molecule has 0 aliphatic carbocycles. The highest BCUT2D eigenvalue weighted by atomic mass is 19.4. The van der Waals surface area contributed by atoms with Crippen molar-refractivity contribution >= 4 is 17.3 Å². The fourth-order valence-corrected chi connectivity index (χ4v) is 3.27. The van der Waals surface area contributed by atoms with E-state index in [1.165, 1.54) is 18.2 Å². The van der Waals surface area contributed by atoms with Crippen LogP contribution in [0.25, 0.3) is 0 Å². The first-order chi connectivity index (χ1) is 13.4. The van der Waals surface area contributed by atoms with E-state index in [0.29, 0.717) is 26.2 Å². The van der Waals surface area contributed by atoms with E-state index in [0.717, 1.165) is 17.5 Å². The molecule has 0 radical (unpaired) electrons. The number of piperazine rings is 1. The highest BCUT2D eigenvalue weighted by molar-refractivity contribution is 5.93. The maximum absolute atomic E-state index is 13.0.